The second-order valence-corrected chi connectivity index (χ2v) is 5.39. The van der Waals surface area contributed by atoms with Gasteiger partial charge in [0.2, 0.25) is 5.89 Å². The molecule has 1 fully saturated rings. The Balaban J connectivity index is 1.94. The smallest absolute Gasteiger partial charge is 0.410 e. The number of nitrogen functional groups attached to an aromatic ring is 1. The highest BCUT2D eigenvalue weighted by Crippen LogP contribution is 2.27. The van der Waals surface area contributed by atoms with Crippen LogP contribution in [0, 0.1) is 0 Å². The van der Waals surface area contributed by atoms with Crippen molar-refractivity contribution >= 4 is 12.1 Å². The van der Waals surface area contributed by atoms with Crippen molar-refractivity contribution in [1.29, 1.82) is 0 Å². The first-order valence-corrected chi connectivity index (χ1v) is 5.92. The van der Waals surface area contributed by atoms with Gasteiger partial charge < -0.3 is 19.8 Å². The summed E-state index contributed by atoms with van der Waals surface area (Å²) in [7, 11) is 0. The Morgan fingerprint density at radius 3 is 2.78 bits per heavy atom. The van der Waals surface area contributed by atoms with E-state index in [0.717, 1.165) is 6.42 Å². The molecule has 1 atom stereocenters. The lowest BCUT2D eigenvalue weighted by Crippen LogP contribution is -2.35. The lowest BCUT2D eigenvalue weighted by molar-refractivity contribution is 0.0291. The lowest BCUT2D eigenvalue weighted by atomic mass is 10.1. The second kappa shape index (κ2) is 4.47. The average molecular weight is 254 g/mol. The lowest BCUT2D eigenvalue weighted by Gasteiger charge is -2.24. The van der Waals surface area contributed by atoms with E-state index in [1.807, 2.05) is 20.8 Å². The van der Waals surface area contributed by atoms with Gasteiger partial charge in [-0.25, -0.2) is 4.79 Å². The first-order valence-electron chi connectivity index (χ1n) is 5.92. The van der Waals surface area contributed by atoms with Crippen LogP contribution in [0.4, 0.5) is 10.8 Å². The summed E-state index contributed by atoms with van der Waals surface area (Å²) in [6.45, 7) is 6.68. The van der Waals surface area contributed by atoms with Crippen LogP contribution in [0.25, 0.3) is 0 Å². The van der Waals surface area contributed by atoms with E-state index in [2.05, 4.69) is 10.2 Å². The molecule has 0 bridgehead atoms. The third-order valence-corrected chi connectivity index (χ3v) is 2.65. The minimum Gasteiger partial charge on any atom is -0.444 e. The van der Waals surface area contributed by atoms with Crippen molar-refractivity contribution in [2.24, 2.45) is 0 Å². The normalized spacial score (nSPS) is 20.2. The molecule has 2 N–H and O–H groups in total. The van der Waals surface area contributed by atoms with Gasteiger partial charge >= 0.3 is 12.1 Å². The highest BCUT2D eigenvalue weighted by atomic mass is 16.6. The first-order chi connectivity index (χ1) is 8.35. The molecule has 7 nitrogen and oxygen atoms in total. The molecule has 1 amide bonds. The van der Waals surface area contributed by atoms with Gasteiger partial charge in [0.15, 0.2) is 0 Å². The number of hydrogen-bond donors (Lipinski definition) is 1. The van der Waals surface area contributed by atoms with E-state index in [1.165, 1.54) is 0 Å². The summed E-state index contributed by atoms with van der Waals surface area (Å²) in [5, 5.41) is 7.46. The zero-order chi connectivity index (χ0) is 13.3. The number of rotatable bonds is 1. The maximum Gasteiger partial charge on any atom is 0.410 e. The minimum atomic E-state index is -0.482. The zero-order valence-electron chi connectivity index (χ0n) is 10.8. The van der Waals surface area contributed by atoms with Gasteiger partial charge in [-0.1, -0.05) is 5.10 Å². The van der Waals surface area contributed by atoms with Crippen molar-refractivity contribution < 1.29 is 13.9 Å². The predicted octanol–water partition coefficient (Wildman–Crippen LogP) is 1.38. The number of hydrogen-bond acceptors (Lipinski definition) is 6. The monoisotopic (exact) mass is 254 g/mol. The van der Waals surface area contributed by atoms with Gasteiger partial charge in [0.1, 0.15) is 5.60 Å². The molecule has 1 unspecified atom stereocenters. The van der Waals surface area contributed by atoms with Crippen LogP contribution in [0.5, 0.6) is 0 Å². The van der Waals surface area contributed by atoms with Crippen molar-refractivity contribution in [1.82, 2.24) is 15.1 Å². The fourth-order valence-corrected chi connectivity index (χ4v) is 1.87. The maximum absolute atomic E-state index is 11.9. The van der Waals surface area contributed by atoms with E-state index in [9.17, 15) is 4.79 Å². The first kappa shape index (κ1) is 12.7. The van der Waals surface area contributed by atoms with E-state index in [-0.39, 0.29) is 18.0 Å². The molecule has 0 radical (unpaired) electrons. The van der Waals surface area contributed by atoms with E-state index in [1.54, 1.807) is 4.90 Å². The molecule has 0 saturated carbocycles. The third-order valence-electron chi connectivity index (χ3n) is 2.65. The molecular weight excluding hydrogens is 236 g/mol. The number of amides is 1. The number of aromatic nitrogens is 2. The van der Waals surface area contributed by atoms with Crippen LogP contribution in [-0.4, -0.2) is 39.9 Å². The molecule has 0 aliphatic carbocycles. The van der Waals surface area contributed by atoms with Crippen molar-refractivity contribution in [2.45, 2.75) is 38.7 Å². The predicted molar refractivity (Wildman–Crippen MR) is 63.9 cm³/mol. The molecule has 1 aromatic heterocycles. The molecular formula is C11H18N4O3. The summed E-state index contributed by atoms with van der Waals surface area (Å²) >= 11 is 0. The van der Waals surface area contributed by atoms with Gasteiger partial charge in [-0.15, -0.1) is 5.10 Å². The Kier molecular flexibility index (Phi) is 3.14. The molecule has 7 heteroatoms. The topological polar surface area (TPSA) is 94.5 Å². The van der Waals surface area contributed by atoms with Crippen LogP contribution in [0.2, 0.25) is 0 Å². The zero-order valence-corrected chi connectivity index (χ0v) is 10.8. The van der Waals surface area contributed by atoms with Gasteiger partial charge in [-0.3, -0.25) is 0 Å². The minimum absolute atomic E-state index is 0.0438. The summed E-state index contributed by atoms with van der Waals surface area (Å²) < 4.78 is 10.5. The summed E-state index contributed by atoms with van der Waals surface area (Å²) in [6.07, 6.45) is 0.471. The SMILES string of the molecule is CC(C)(C)OC(=O)N1CCC(c2nnc(N)o2)C1. The average Bonchev–Trinajstić information content (AvgIpc) is 2.82. The van der Waals surface area contributed by atoms with Crippen LogP contribution >= 0.6 is 0 Å². The van der Waals surface area contributed by atoms with Crippen LogP contribution in [-0.2, 0) is 4.74 Å². The van der Waals surface area contributed by atoms with Gasteiger partial charge in [-0.05, 0) is 27.2 Å². The molecule has 1 saturated heterocycles. The highest BCUT2D eigenvalue weighted by Gasteiger charge is 2.33. The number of likely N-dealkylation sites (tertiary alicyclic amines) is 1. The van der Waals surface area contributed by atoms with Crippen molar-refractivity contribution in [3.8, 4) is 0 Å². The maximum atomic E-state index is 11.9. The Hall–Kier alpha value is -1.79. The number of carbonyl (C=O) groups excluding carboxylic acids is 1. The van der Waals surface area contributed by atoms with Crippen molar-refractivity contribution in [2.75, 3.05) is 18.8 Å². The number of ether oxygens (including phenoxy) is 1. The quantitative estimate of drug-likeness (QED) is 0.813. The molecule has 2 heterocycles. The fourth-order valence-electron chi connectivity index (χ4n) is 1.87. The number of nitrogens with zero attached hydrogens (tertiary/aromatic N) is 3. The molecule has 1 aliphatic heterocycles. The molecule has 18 heavy (non-hydrogen) atoms. The van der Waals surface area contributed by atoms with E-state index in [0.29, 0.717) is 19.0 Å². The molecule has 0 aromatic carbocycles. The molecule has 1 aromatic rings. The second-order valence-electron chi connectivity index (χ2n) is 5.39. The fraction of sp³-hybridized carbons (Fsp3) is 0.727. The largest absolute Gasteiger partial charge is 0.444 e. The summed E-state index contributed by atoms with van der Waals surface area (Å²) in [5.74, 6) is 0.529. The van der Waals surface area contributed by atoms with Gasteiger partial charge in [0, 0.05) is 13.1 Å². The number of carbonyl (C=O) groups is 1. The van der Waals surface area contributed by atoms with Gasteiger partial charge in [-0.2, -0.15) is 0 Å². The van der Waals surface area contributed by atoms with E-state index in [4.69, 9.17) is 14.9 Å². The summed E-state index contributed by atoms with van der Waals surface area (Å²) in [5.41, 5.74) is 4.90. The Morgan fingerprint density at radius 1 is 1.50 bits per heavy atom. The highest BCUT2D eigenvalue weighted by molar-refractivity contribution is 5.68. The van der Waals surface area contributed by atoms with Crippen molar-refractivity contribution in [3.05, 3.63) is 5.89 Å². The summed E-state index contributed by atoms with van der Waals surface area (Å²) in [6, 6.07) is 0.0562. The van der Waals surface area contributed by atoms with Crippen LogP contribution < -0.4 is 5.73 Å². The molecule has 1 aliphatic rings. The summed E-state index contributed by atoms with van der Waals surface area (Å²) in [4.78, 5) is 13.5. The van der Waals surface area contributed by atoms with Crippen LogP contribution in [0.15, 0.2) is 4.42 Å². The Bertz CT molecular complexity index is 438. The molecule has 2 rings (SSSR count). The molecule has 0 spiro atoms. The van der Waals surface area contributed by atoms with Crippen LogP contribution in [0.3, 0.4) is 0 Å². The van der Waals surface area contributed by atoms with E-state index >= 15 is 0 Å². The third kappa shape index (κ3) is 2.91. The van der Waals surface area contributed by atoms with Crippen LogP contribution in [0.1, 0.15) is 39.0 Å². The number of nitrogens with two attached hydrogens (primary N) is 1. The Morgan fingerprint density at radius 2 is 2.22 bits per heavy atom. The van der Waals surface area contributed by atoms with Gasteiger partial charge in [0.25, 0.3) is 0 Å². The standard InChI is InChI=1S/C11H18N4O3/c1-11(2,3)18-10(16)15-5-4-7(6-15)8-13-14-9(12)17-8/h7H,4-6H2,1-3H3,(H2,12,14). The van der Waals surface area contributed by atoms with Crippen molar-refractivity contribution in [3.63, 3.8) is 0 Å². The Labute approximate surface area is 105 Å². The van der Waals surface area contributed by atoms with E-state index < -0.39 is 5.60 Å². The van der Waals surface area contributed by atoms with Gasteiger partial charge in [0.05, 0.1) is 5.92 Å². The number of anilines is 1. The molecule has 100 valence electrons.